The quantitative estimate of drug-likeness (QED) is 0.299. The monoisotopic (exact) mass is 390 g/mol. The Morgan fingerprint density at radius 3 is 2.85 bits per heavy atom. The highest BCUT2D eigenvalue weighted by Gasteiger charge is 2.13. The van der Waals surface area contributed by atoms with Gasteiger partial charge in [-0.3, -0.25) is 19.7 Å². The van der Waals surface area contributed by atoms with Crippen molar-refractivity contribution < 1.29 is 9.72 Å². The van der Waals surface area contributed by atoms with E-state index in [9.17, 15) is 19.7 Å². The molecule has 3 rings (SSSR count). The fourth-order valence-corrected chi connectivity index (χ4v) is 3.01. The Labute approximate surface area is 155 Å². The summed E-state index contributed by atoms with van der Waals surface area (Å²) in [7, 11) is 0. The van der Waals surface area contributed by atoms with E-state index in [4.69, 9.17) is 11.6 Å². The normalized spacial score (nSPS) is 10.7. The first-order chi connectivity index (χ1) is 12.4. The molecule has 0 atom stereocenters. The number of rotatable bonds is 5. The molecule has 10 heteroatoms. The second kappa shape index (κ2) is 7.54. The Morgan fingerprint density at radius 1 is 1.31 bits per heavy atom. The van der Waals surface area contributed by atoms with Crippen molar-refractivity contribution in [3.8, 4) is 0 Å². The molecule has 0 aliphatic rings. The molecule has 0 saturated heterocycles. The van der Waals surface area contributed by atoms with Gasteiger partial charge in [0.15, 0.2) is 5.16 Å². The molecular weight excluding hydrogens is 380 g/mol. The summed E-state index contributed by atoms with van der Waals surface area (Å²) in [5, 5.41) is 14.3. The molecule has 0 unspecified atom stereocenters. The van der Waals surface area contributed by atoms with Gasteiger partial charge in [-0.15, -0.1) is 0 Å². The third-order valence-corrected chi connectivity index (χ3v) is 4.57. The van der Waals surface area contributed by atoms with Crippen LogP contribution in [-0.4, -0.2) is 26.6 Å². The van der Waals surface area contributed by atoms with Gasteiger partial charge >= 0.3 is 0 Å². The van der Waals surface area contributed by atoms with Crippen LogP contribution >= 0.6 is 23.4 Å². The number of nitro benzene ring substituents is 1. The van der Waals surface area contributed by atoms with Crippen molar-refractivity contribution in [2.24, 2.45) is 0 Å². The number of aromatic nitrogens is 2. The van der Waals surface area contributed by atoms with Crippen LogP contribution in [-0.2, 0) is 4.79 Å². The molecular formula is C16H11ClN4O4S. The van der Waals surface area contributed by atoms with Gasteiger partial charge in [0.1, 0.15) is 0 Å². The molecule has 0 radical (unpaired) electrons. The van der Waals surface area contributed by atoms with Crippen LogP contribution in [0.1, 0.15) is 0 Å². The minimum atomic E-state index is -0.579. The highest BCUT2D eigenvalue weighted by Crippen LogP contribution is 2.27. The van der Waals surface area contributed by atoms with Crippen LogP contribution in [0, 0.1) is 10.1 Å². The van der Waals surface area contributed by atoms with Gasteiger partial charge in [0.25, 0.3) is 11.2 Å². The third kappa shape index (κ3) is 4.01. The van der Waals surface area contributed by atoms with Crippen LogP contribution in [0.15, 0.2) is 52.4 Å². The van der Waals surface area contributed by atoms with E-state index >= 15 is 0 Å². The van der Waals surface area contributed by atoms with E-state index in [1.807, 2.05) is 0 Å². The maximum atomic E-state index is 12.1. The first-order valence-corrected chi connectivity index (χ1v) is 8.66. The molecule has 26 heavy (non-hydrogen) atoms. The SMILES string of the molecule is O=C(CSc1nc2ccccc2c(=O)[nH]1)Nc1cc([N+](=O)[O-])ccc1Cl. The largest absolute Gasteiger partial charge is 0.324 e. The maximum Gasteiger partial charge on any atom is 0.271 e. The van der Waals surface area contributed by atoms with Gasteiger partial charge in [-0.1, -0.05) is 35.5 Å². The highest BCUT2D eigenvalue weighted by atomic mass is 35.5. The topological polar surface area (TPSA) is 118 Å². The number of thioether (sulfide) groups is 1. The molecule has 0 bridgehead atoms. The van der Waals surface area contributed by atoms with E-state index in [0.717, 1.165) is 11.8 Å². The lowest BCUT2D eigenvalue weighted by Crippen LogP contribution is -2.16. The number of carbonyl (C=O) groups is 1. The van der Waals surface area contributed by atoms with Crippen LogP contribution < -0.4 is 10.9 Å². The first kappa shape index (κ1) is 17.9. The van der Waals surface area contributed by atoms with E-state index in [0.29, 0.717) is 16.1 Å². The summed E-state index contributed by atoms with van der Waals surface area (Å²) in [5.41, 5.74) is 0.199. The van der Waals surface area contributed by atoms with Crippen molar-refractivity contribution >= 4 is 51.5 Å². The Balaban J connectivity index is 1.71. The van der Waals surface area contributed by atoms with Crippen LogP contribution in [0.2, 0.25) is 5.02 Å². The molecule has 1 aromatic heterocycles. The Morgan fingerprint density at radius 2 is 2.08 bits per heavy atom. The first-order valence-electron chi connectivity index (χ1n) is 7.29. The van der Waals surface area contributed by atoms with E-state index in [1.54, 1.807) is 24.3 Å². The number of anilines is 1. The summed E-state index contributed by atoms with van der Waals surface area (Å²) in [4.78, 5) is 41.2. The Hall–Kier alpha value is -2.91. The van der Waals surface area contributed by atoms with Gasteiger partial charge in [0.05, 0.1) is 32.3 Å². The summed E-state index contributed by atoms with van der Waals surface area (Å²) in [5.74, 6) is -0.492. The zero-order chi connectivity index (χ0) is 18.7. The van der Waals surface area contributed by atoms with Gasteiger partial charge in [-0.05, 0) is 18.2 Å². The predicted molar refractivity (Wildman–Crippen MR) is 99.8 cm³/mol. The summed E-state index contributed by atoms with van der Waals surface area (Å²) in [6, 6.07) is 10.6. The standard InChI is InChI=1S/C16H11ClN4O4S/c17-11-6-5-9(21(24)25)7-13(11)18-14(22)8-26-16-19-12-4-2-1-3-10(12)15(23)20-16/h1-7H,8H2,(H,18,22)(H,19,20,23). The number of nitro groups is 1. The molecule has 8 nitrogen and oxygen atoms in total. The fourth-order valence-electron chi connectivity index (χ4n) is 2.18. The van der Waals surface area contributed by atoms with Gasteiger partial charge < -0.3 is 10.3 Å². The number of non-ortho nitro benzene ring substituents is 1. The number of fused-ring (bicyclic) bond motifs is 1. The molecule has 1 heterocycles. The third-order valence-electron chi connectivity index (χ3n) is 3.37. The number of carbonyl (C=O) groups excluding carboxylic acids is 1. The zero-order valence-corrected chi connectivity index (χ0v) is 14.6. The van der Waals surface area contributed by atoms with Crippen LogP contribution in [0.5, 0.6) is 0 Å². The van der Waals surface area contributed by atoms with Crippen molar-refractivity contribution in [2.75, 3.05) is 11.1 Å². The average Bonchev–Trinajstić information content (AvgIpc) is 2.62. The predicted octanol–water partition coefficient (Wildman–Crippen LogP) is 3.22. The molecule has 0 fully saturated rings. The summed E-state index contributed by atoms with van der Waals surface area (Å²) in [6.45, 7) is 0. The Kier molecular flexibility index (Phi) is 5.19. The lowest BCUT2D eigenvalue weighted by molar-refractivity contribution is -0.384. The van der Waals surface area contributed by atoms with Gasteiger partial charge in [0, 0.05) is 12.1 Å². The second-order valence-corrected chi connectivity index (χ2v) is 6.52. The number of nitrogens with zero attached hydrogens (tertiary/aromatic N) is 2. The number of aromatic amines is 1. The average molecular weight is 391 g/mol. The number of amides is 1. The molecule has 0 aliphatic heterocycles. The second-order valence-electron chi connectivity index (χ2n) is 5.15. The zero-order valence-electron chi connectivity index (χ0n) is 13.1. The summed E-state index contributed by atoms with van der Waals surface area (Å²) < 4.78 is 0. The number of hydrogen-bond donors (Lipinski definition) is 2. The molecule has 0 aliphatic carbocycles. The van der Waals surface area contributed by atoms with Crippen molar-refractivity contribution in [3.05, 3.63) is 68.0 Å². The van der Waals surface area contributed by atoms with E-state index in [1.165, 1.54) is 18.2 Å². The van der Waals surface area contributed by atoms with Gasteiger partial charge in [-0.2, -0.15) is 0 Å². The minimum Gasteiger partial charge on any atom is -0.324 e. The smallest absolute Gasteiger partial charge is 0.271 e. The summed E-state index contributed by atoms with van der Waals surface area (Å²) in [6.07, 6.45) is 0. The van der Waals surface area contributed by atoms with Crippen LogP contribution in [0.4, 0.5) is 11.4 Å². The maximum absolute atomic E-state index is 12.1. The van der Waals surface area contributed by atoms with E-state index in [-0.39, 0.29) is 27.7 Å². The molecule has 3 aromatic rings. The molecule has 2 aromatic carbocycles. The lowest BCUT2D eigenvalue weighted by atomic mass is 10.2. The van der Waals surface area contributed by atoms with E-state index < -0.39 is 10.8 Å². The van der Waals surface area contributed by atoms with E-state index in [2.05, 4.69) is 15.3 Å². The van der Waals surface area contributed by atoms with Crippen molar-refractivity contribution in [1.29, 1.82) is 0 Å². The van der Waals surface area contributed by atoms with Crippen LogP contribution in [0.25, 0.3) is 10.9 Å². The summed E-state index contributed by atoms with van der Waals surface area (Å²) >= 11 is 6.98. The Bertz CT molecular complexity index is 1070. The molecule has 1 amide bonds. The van der Waals surface area contributed by atoms with Gasteiger partial charge in [0.2, 0.25) is 5.91 Å². The molecule has 132 valence electrons. The highest BCUT2D eigenvalue weighted by molar-refractivity contribution is 7.99. The number of para-hydroxylation sites is 1. The van der Waals surface area contributed by atoms with Gasteiger partial charge in [-0.25, -0.2) is 4.98 Å². The van der Waals surface area contributed by atoms with Crippen molar-refractivity contribution in [1.82, 2.24) is 9.97 Å². The van der Waals surface area contributed by atoms with Crippen molar-refractivity contribution in [3.63, 3.8) is 0 Å². The number of halogens is 1. The number of hydrogen-bond acceptors (Lipinski definition) is 6. The molecule has 2 N–H and O–H groups in total. The van der Waals surface area contributed by atoms with Crippen molar-refractivity contribution in [2.45, 2.75) is 5.16 Å². The molecule has 0 spiro atoms. The minimum absolute atomic E-state index is 0.0553. The number of H-pyrrole nitrogens is 1. The van der Waals surface area contributed by atoms with Crippen LogP contribution in [0.3, 0.4) is 0 Å². The fraction of sp³-hybridized carbons (Fsp3) is 0.0625. The number of benzene rings is 2. The molecule has 0 saturated carbocycles. The number of nitrogens with one attached hydrogen (secondary N) is 2. The lowest BCUT2D eigenvalue weighted by Gasteiger charge is -2.07.